The molecule has 118 valence electrons. The van der Waals surface area contributed by atoms with Crippen LogP contribution in [0.15, 0.2) is 57.9 Å². The average Bonchev–Trinajstić information content (AvgIpc) is 2.57. The highest BCUT2D eigenvalue weighted by Gasteiger charge is 2.13. The molecule has 4 heteroatoms. The number of benzene rings is 2. The van der Waals surface area contributed by atoms with Gasteiger partial charge < -0.3 is 13.9 Å². The number of methoxy groups -OCH3 is 1. The molecule has 3 rings (SSSR count). The third-order valence-electron chi connectivity index (χ3n) is 3.71. The van der Waals surface area contributed by atoms with E-state index in [9.17, 15) is 4.79 Å². The average molecular weight is 310 g/mol. The number of para-hydroxylation sites is 1. The van der Waals surface area contributed by atoms with E-state index in [0.717, 1.165) is 5.56 Å². The Labute approximate surface area is 134 Å². The fourth-order valence-corrected chi connectivity index (χ4v) is 2.46. The van der Waals surface area contributed by atoms with Crippen LogP contribution in [0.2, 0.25) is 0 Å². The Kier molecular flexibility index (Phi) is 4.06. The first-order chi connectivity index (χ1) is 11.1. The lowest BCUT2D eigenvalue weighted by atomic mass is 10.0. The molecule has 2 aromatic carbocycles. The zero-order chi connectivity index (χ0) is 16.4. The Bertz CT molecular complexity index is 893. The third kappa shape index (κ3) is 2.93. The van der Waals surface area contributed by atoms with Crippen molar-refractivity contribution < 1.29 is 13.9 Å². The molecule has 23 heavy (non-hydrogen) atoms. The molecule has 0 amide bonds. The van der Waals surface area contributed by atoms with Crippen LogP contribution in [0.4, 0.5) is 0 Å². The van der Waals surface area contributed by atoms with E-state index in [0.29, 0.717) is 28.4 Å². The minimum atomic E-state index is -0.201. The molecule has 0 saturated heterocycles. The highest BCUT2D eigenvalue weighted by Crippen LogP contribution is 2.30. The van der Waals surface area contributed by atoms with E-state index in [4.69, 9.17) is 13.9 Å². The van der Waals surface area contributed by atoms with Gasteiger partial charge in [0, 0.05) is 6.07 Å². The highest BCUT2D eigenvalue weighted by molar-refractivity contribution is 5.79. The Morgan fingerprint density at radius 2 is 1.83 bits per heavy atom. The Morgan fingerprint density at radius 1 is 1.04 bits per heavy atom. The van der Waals surface area contributed by atoms with Crippen LogP contribution in [0, 0.1) is 0 Å². The molecule has 0 bridgehead atoms. The topological polar surface area (TPSA) is 48.7 Å². The third-order valence-corrected chi connectivity index (χ3v) is 3.71. The summed E-state index contributed by atoms with van der Waals surface area (Å²) in [5, 5.41) is 0.463. The van der Waals surface area contributed by atoms with Crippen LogP contribution in [0.1, 0.15) is 25.3 Å². The van der Waals surface area contributed by atoms with Crippen molar-refractivity contribution in [3.05, 3.63) is 64.5 Å². The fraction of sp³-hybridized carbons (Fsp3) is 0.211. The zero-order valence-electron chi connectivity index (χ0n) is 13.3. The minimum absolute atomic E-state index is 0.177. The maximum Gasteiger partial charge on any atom is 0.235 e. The van der Waals surface area contributed by atoms with E-state index in [1.54, 1.807) is 25.3 Å². The van der Waals surface area contributed by atoms with Gasteiger partial charge in [-0.25, -0.2) is 0 Å². The monoisotopic (exact) mass is 310 g/mol. The first-order valence-electron chi connectivity index (χ1n) is 7.46. The van der Waals surface area contributed by atoms with Crippen molar-refractivity contribution in [2.75, 3.05) is 7.11 Å². The molecule has 0 aliphatic carbocycles. The summed E-state index contributed by atoms with van der Waals surface area (Å²) in [4.78, 5) is 12.6. The quantitative estimate of drug-likeness (QED) is 0.699. The maximum absolute atomic E-state index is 12.6. The summed E-state index contributed by atoms with van der Waals surface area (Å²) in [5.74, 6) is 1.78. The van der Waals surface area contributed by atoms with Crippen LogP contribution in [-0.2, 0) is 0 Å². The smallest absolute Gasteiger partial charge is 0.235 e. The second kappa shape index (κ2) is 6.16. The van der Waals surface area contributed by atoms with Gasteiger partial charge in [-0.3, -0.25) is 4.79 Å². The Hall–Kier alpha value is -2.75. The molecule has 0 radical (unpaired) electrons. The van der Waals surface area contributed by atoms with Gasteiger partial charge >= 0.3 is 0 Å². The molecule has 0 aliphatic heterocycles. The summed E-state index contributed by atoms with van der Waals surface area (Å²) >= 11 is 0. The summed E-state index contributed by atoms with van der Waals surface area (Å²) in [6, 6.07) is 12.8. The van der Waals surface area contributed by atoms with Gasteiger partial charge in [-0.2, -0.15) is 0 Å². The molecule has 0 unspecified atom stereocenters. The van der Waals surface area contributed by atoms with Gasteiger partial charge in [0.25, 0.3) is 0 Å². The molecule has 0 aliphatic rings. The van der Waals surface area contributed by atoms with Crippen LogP contribution in [0.25, 0.3) is 11.0 Å². The lowest BCUT2D eigenvalue weighted by molar-refractivity contribution is 0.413. The largest absolute Gasteiger partial charge is 0.497 e. The van der Waals surface area contributed by atoms with E-state index in [1.807, 2.05) is 24.3 Å². The molecule has 1 heterocycles. The van der Waals surface area contributed by atoms with Crippen molar-refractivity contribution in [3.63, 3.8) is 0 Å². The molecular formula is C19H18O4. The number of rotatable bonds is 4. The van der Waals surface area contributed by atoms with E-state index in [2.05, 4.69) is 13.8 Å². The van der Waals surface area contributed by atoms with Gasteiger partial charge in [-0.1, -0.05) is 32.0 Å². The van der Waals surface area contributed by atoms with Crippen molar-refractivity contribution >= 4 is 11.0 Å². The molecular weight excluding hydrogens is 292 g/mol. The summed E-state index contributed by atoms with van der Waals surface area (Å²) in [6.45, 7) is 4.16. The van der Waals surface area contributed by atoms with E-state index < -0.39 is 0 Å². The highest BCUT2D eigenvalue weighted by atomic mass is 16.5. The SMILES string of the molecule is COc1ccc2c(=O)c(Oc3ccccc3C(C)C)coc2c1. The summed E-state index contributed by atoms with van der Waals surface area (Å²) in [6.07, 6.45) is 1.35. The predicted octanol–water partition coefficient (Wildman–Crippen LogP) is 4.72. The van der Waals surface area contributed by atoms with Crippen molar-refractivity contribution in [1.29, 1.82) is 0 Å². The van der Waals surface area contributed by atoms with Gasteiger partial charge in [0.05, 0.1) is 12.5 Å². The van der Waals surface area contributed by atoms with Crippen LogP contribution >= 0.6 is 0 Å². The van der Waals surface area contributed by atoms with Crippen molar-refractivity contribution in [3.8, 4) is 17.2 Å². The van der Waals surface area contributed by atoms with Crippen LogP contribution in [0.5, 0.6) is 17.2 Å². The first kappa shape index (κ1) is 15.2. The molecule has 3 aromatic rings. The predicted molar refractivity (Wildman–Crippen MR) is 89.6 cm³/mol. The summed E-state index contributed by atoms with van der Waals surface area (Å²) in [7, 11) is 1.57. The Balaban J connectivity index is 2.05. The second-order valence-corrected chi connectivity index (χ2v) is 5.59. The molecule has 0 atom stereocenters. The number of ether oxygens (including phenoxy) is 2. The first-order valence-corrected chi connectivity index (χ1v) is 7.46. The van der Waals surface area contributed by atoms with E-state index in [-0.39, 0.29) is 11.2 Å². The van der Waals surface area contributed by atoms with Crippen LogP contribution < -0.4 is 14.9 Å². The second-order valence-electron chi connectivity index (χ2n) is 5.59. The summed E-state index contributed by atoms with van der Waals surface area (Å²) in [5.41, 5.74) is 1.31. The van der Waals surface area contributed by atoms with Crippen LogP contribution in [-0.4, -0.2) is 7.11 Å². The molecule has 0 spiro atoms. The normalized spacial score (nSPS) is 11.0. The van der Waals surface area contributed by atoms with Gasteiger partial charge in [0.1, 0.15) is 23.3 Å². The zero-order valence-corrected chi connectivity index (χ0v) is 13.3. The molecule has 0 saturated carbocycles. The fourth-order valence-electron chi connectivity index (χ4n) is 2.46. The molecule has 4 nitrogen and oxygen atoms in total. The van der Waals surface area contributed by atoms with Gasteiger partial charge in [-0.15, -0.1) is 0 Å². The Morgan fingerprint density at radius 3 is 2.57 bits per heavy atom. The number of hydrogen-bond acceptors (Lipinski definition) is 4. The van der Waals surface area contributed by atoms with Gasteiger partial charge in [-0.05, 0) is 29.7 Å². The lowest BCUT2D eigenvalue weighted by Crippen LogP contribution is -2.06. The van der Waals surface area contributed by atoms with E-state index in [1.165, 1.54) is 6.26 Å². The summed E-state index contributed by atoms with van der Waals surface area (Å²) < 4.78 is 16.5. The van der Waals surface area contributed by atoms with Crippen molar-refractivity contribution in [2.24, 2.45) is 0 Å². The minimum Gasteiger partial charge on any atom is -0.497 e. The lowest BCUT2D eigenvalue weighted by Gasteiger charge is -2.13. The van der Waals surface area contributed by atoms with Crippen LogP contribution in [0.3, 0.4) is 0 Å². The maximum atomic E-state index is 12.6. The van der Waals surface area contributed by atoms with Gasteiger partial charge in [0.2, 0.25) is 11.2 Å². The van der Waals surface area contributed by atoms with Crippen molar-refractivity contribution in [2.45, 2.75) is 19.8 Å². The standard InChI is InChI=1S/C19H18O4/c1-12(2)14-6-4-5-7-16(14)23-18-11-22-17-10-13(21-3)8-9-15(17)19(18)20/h4-12H,1-3H3. The number of hydrogen-bond donors (Lipinski definition) is 0. The molecule has 0 fully saturated rings. The molecule has 0 N–H and O–H groups in total. The van der Waals surface area contributed by atoms with Gasteiger partial charge in [0.15, 0.2) is 0 Å². The molecule has 1 aromatic heterocycles. The number of fused-ring (bicyclic) bond motifs is 1. The van der Waals surface area contributed by atoms with E-state index >= 15 is 0 Å². The van der Waals surface area contributed by atoms with Crippen molar-refractivity contribution in [1.82, 2.24) is 0 Å².